The van der Waals surface area contributed by atoms with Crippen LogP contribution in [0.4, 0.5) is 0 Å². The van der Waals surface area contributed by atoms with Crippen LogP contribution in [0.1, 0.15) is 128 Å². The predicted molar refractivity (Wildman–Crippen MR) is 221 cm³/mol. The summed E-state index contributed by atoms with van der Waals surface area (Å²) in [5.74, 6) is 7.66. The number of hydrogen-bond acceptors (Lipinski definition) is 4. The maximum Gasteiger partial charge on any atom is 0.239 e. The minimum absolute atomic E-state index is 0.0199. The molecular weight excluding hydrogens is 671 g/mol. The van der Waals surface area contributed by atoms with Gasteiger partial charge >= 0.3 is 0 Å². The minimum Gasteiger partial charge on any atom is -0.411 e. The number of aromatic amines is 1. The highest BCUT2D eigenvalue weighted by atomic mass is 28.4. The van der Waals surface area contributed by atoms with E-state index in [1.165, 1.54) is 80.4 Å². The van der Waals surface area contributed by atoms with Gasteiger partial charge < -0.3 is 14.7 Å². The summed E-state index contributed by atoms with van der Waals surface area (Å²) < 4.78 is 7.36. The Morgan fingerprint density at radius 1 is 0.981 bits per heavy atom. The van der Waals surface area contributed by atoms with Crippen molar-refractivity contribution < 1.29 is 14.1 Å². The minimum atomic E-state index is -2.13. The van der Waals surface area contributed by atoms with Crippen molar-refractivity contribution in [1.29, 1.82) is 0 Å². The number of hydrogen-bond donors (Lipinski definition) is 2. The molecule has 7 heteroatoms. The average Bonchev–Trinajstić information content (AvgIpc) is 3.79. The van der Waals surface area contributed by atoms with Gasteiger partial charge in [0.25, 0.3) is 0 Å². The third-order valence-electron chi connectivity index (χ3n) is 12.5. The number of allylic oxidation sites excluding steroid dienone is 2. The summed E-state index contributed by atoms with van der Waals surface area (Å²) in [7, 11) is -2.13. The second kappa shape index (κ2) is 18.9. The Hall–Kier alpha value is -3.15. The predicted octanol–water partition coefficient (Wildman–Crippen LogP) is 10.8. The maximum absolute atomic E-state index is 14.0. The molecule has 2 N–H and O–H groups in total. The summed E-state index contributed by atoms with van der Waals surface area (Å²) in [4.78, 5) is 24.1. The Morgan fingerprint density at radius 3 is 2.49 bits per heavy atom. The lowest BCUT2D eigenvalue weighted by Crippen LogP contribution is -2.49. The number of nitrogens with zero attached hydrogens (tertiary/aromatic N) is 1. The second-order valence-electron chi connectivity index (χ2n) is 16.8. The molecule has 1 saturated heterocycles. The molecule has 2 heterocycles. The van der Waals surface area contributed by atoms with E-state index in [1.54, 1.807) is 0 Å². The molecule has 2 aromatic carbocycles. The largest absolute Gasteiger partial charge is 0.411 e. The van der Waals surface area contributed by atoms with Gasteiger partial charge in [-0.1, -0.05) is 121 Å². The number of para-hydroxylation sites is 1. The molecule has 286 valence electrons. The standard InChI is InChI=1S/C46H65N3O3Si/c1-34(2)53(35(3)4,30-14-19-37-15-8-6-9-16-37)52-36(5)45-31-44(46(50)47-29-28-41-32-48-43-21-13-12-20-42(41)43)49(51-45)33-40-26-24-39(25-27-40)23-22-38-17-10-7-11-18-38/h12-13,17,20-21,24-27,32,34-37,44-45,48H,6-11,14-16,18-19,28-31,33H2,1-5H3,(H,47,50)/t36-,44-,45-/m1/s1. The Morgan fingerprint density at radius 2 is 1.75 bits per heavy atom. The first kappa shape index (κ1) is 39.5. The van der Waals surface area contributed by atoms with Gasteiger partial charge in [0, 0.05) is 35.6 Å². The van der Waals surface area contributed by atoms with Crippen molar-refractivity contribution in [2.45, 2.75) is 160 Å². The van der Waals surface area contributed by atoms with Crippen LogP contribution in [0.3, 0.4) is 0 Å². The summed E-state index contributed by atoms with van der Waals surface area (Å²) in [6.07, 6.45) is 19.8. The SMILES string of the molecule is CC(C)[Si](CCCC1CCCCC1)(O[C@H](C)[C@H]1C[C@H](C(=O)NCCc2c[nH]c3ccccc23)N(Cc2ccc(C#CC3=CCCCC3)cc2)O1)C(C)C. The molecule has 53 heavy (non-hydrogen) atoms. The summed E-state index contributed by atoms with van der Waals surface area (Å²) in [6.45, 7) is 12.8. The fourth-order valence-corrected chi connectivity index (χ4v) is 13.9. The first-order valence-electron chi connectivity index (χ1n) is 21.0. The molecule has 1 aromatic heterocycles. The highest BCUT2D eigenvalue weighted by molar-refractivity contribution is 6.76. The summed E-state index contributed by atoms with van der Waals surface area (Å²) >= 11 is 0. The molecule has 1 saturated carbocycles. The molecule has 0 bridgehead atoms. The number of nitrogens with one attached hydrogen (secondary N) is 2. The van der Waals surface area contributed by atoms with Gasteiger partial charge in [-0.15, -0.1) is 0 Å². The highest BCUT2D eigenvalue weighted by Crippen LogP contribution is 2.42. The normalized spacial score (nSPS) is 20.8. The van der Waals surface area contributed by atoms with E-state index in [0.29, 0.717) is 30.6 Å². The Labute approximate surface area is 321 Å². The van der Waals surface area contributed by atoms with Crippen molar-refractivity contribution >= 4 is 25.1 Å². The monoisotopic (exact) mass is 735 g/mol. The van der Waals surface area contributed by atoms with Crippen molar-refractivity contribution in [2.24, 2.45) is 5.92 Å². The van der Waals surface area contributed by atoms with Crippen molar-refractivity contribution in [1.82, 2.24) is 15.4 Å². The van der Waals surface area contributed by atoms with Gasteiger partial charge in [-0.2, -0.15) is 5.06 Å². The molecule has 0 spiro atoms. The number of hydroxylamine groups is 2. The van der Waals surface area contributed by atoms with Crippen LogP contribution >= 0.6 is 0 Å². The van der Waals surface area contributed by atoms with Crippen LogP contribution in [0.25, 0.3) is 10.9 Å². The third-order valence-corrected chi connectivity index (χ3v) is 18.3. The van der Waals surface area contributed by atoms with Crippen LogP contribution in [0.2, 0.25) is 17.1 Å². The van der Waals surface area contributed by atoms with E-state index >= 15 is 0 Å². The number of carbonyl (C=O) groups is 1. The van der Waals surface area contributed by atoms with E-state index in [1.807, 2.05) is 11.1 Å². The average molecular weight is 736 g/mol. The van der Waals surface area contributed by atoms with Crippen molar-refractivity contribution in [3.63, 3.8) is 0 Å². The number of aromatic nitrogens is 1. The van der Waals surface area contributed by atoms with Crippen LogP contribution in [-0.2, 0) is 27.0 Å². The molecule has 2 fully saturated rings. The number of fused-ring (bicyclic) bond motifs is 1. The molecule has 6 nitrogen and oxygen atoms in total. The lowest BCUT2D eigenvalue weighted by atomic mass is 9.86. The first-order valence-corrected chi connectivity index (χ1v) is 23.2. The van der Waals surface area contributed by atoms with Crippen molar-refractivity contribution in [2.75, 3.05) is 6.54 Å². The smallest absolute Gasteiger partial charge is 0.239 e. The number of carbonyl (C=O) groups excluding carboxylic acids is 1. The van der Waals surface area contributed by atoms with Crippen LogP contribution in [0.5, 0.6) is 0 Å². The highest BCUT2D eigenvalue weighted by Gasteiger charge is 2.47. The molecule has 3 atom stereocenters. The van der Waals surface area contributed by atoms with Gasteiger partial charge in [0.05, 0.1) is 12.6 Å². The summed E-state index contributed by atoms with van der Waals surface area (Å²) in [5, 5.41) is 6.41. The molecule has 0 radical (unpaired) electrons. The van der Waals surface area contributed by atoms with E-state index in [9.17, 15) is 4.79 Å². The van der Waals surface area contributed by atoms with Gasteiger partial charge in [-0.25, -0.2) is 0 Å². The second-order valence-corrected chi connectivity index (χ2v) is 21.7. The first-order chi connectivity index (χ1) is 25.7. The third kappa shape index (κ3) is 10.3. The quantitative estimate of drug-likeness (QED) is 0.120. The lowest BCUT2D eigenvalue weighted by molar-refractivity contribution is -0.189. The molecular formula is C46H65N3O3Si. The van der Waals surface area contributed by atoms with Gasteiger partial charge in [0.1, 0.15) is 12.1 Å². The van der Waals surface area contributed by atoms with Crippen LogP contribution < -0.4 is 5.32 Å². The Kier molecular flexibility index (Phi) is 14.1. The Bertz CT molecular complexity index is 1700. The molecule has 1 amide bonds. The number of amides is 1. The summed E-state index contributed by atoms with van der Waals surface area (Å²) in [5.41, 5.74) is 6.74. The van der Waals surface area contributed by atoms with Crippen LogP contribution in [0, 0.1) is 17.8 Å². The molecule has 3 aliphatic rings. The van der Waals surface area contributed by atoms with Crippen LogP contribution in [0.15, 0.2) is 66.4 Å². The molecule has 3 aromatic rings. The van der Waals surface area contributed by atoms with Crippen molar-refractivity contribution in [3.05, 3.63) is 83.1 Å². The zero-order valence-corrected chi connectivity index (χ0v) is 34.2. The zero-order valence-electron chi connectivity index (χ0n) is 33.2. The van der Waals surface area contributed by atoms with Gasteiger partial charge in [0.2, 0.25) is 5.91 Å². The molecule has 2 aliphatic carbocycles. The maximum atomic E-state index is 14.0. The van der Waals surface area contributed by atoms with E-state index in [-0.39, 0.29) is 18.1 Å². The lowest BCUT2D eigenvalue weighted by Gasteiger charge is -2.42. The summed E-state index contributed by atoms with van der Waals surface area (Å²) in [6, 6.07) is 17.6. The fourth-order valence-electron chi connectivity index (χ4n) is 9.18. The number of benzene rings is 2. The number of H-pyrrole nitrogens is 1. The topological polar surface area (TPSA) is 66.6 Å². The number of rotatable bonds is 15. The fraction of sp³-hybridized carbons (Fsp3) is 0.587. The zero-order chi connectivity index (χ0) is 37.2. The van der Waals surface area contributed by atoms with E-state index in [0.717, 1.165) is 41.8 Å². The van der Waals surface area contributed by atoms with Gasteiger partial charge in [-0.3, -0.25) is 9.63 Å². The van der Waals surface area contributed by atoms with Crippen molar-refractivity contribution in [3.8, 4) is 11.8 Å². The van der Waals surface area contributed by atoms with Gasteiger partial charge in [-0.05, 0) is 97.0 Å². The van der Waals surface area contributed by atoms with E-state index in [2.05, 4.69) is 111 Å². The van der Waals surface area contributed by atoms with E-state index < -0.39 is 14.4 Å². The Balaban J connectivity index is 1.13. The molecule has 6 rings (SSSR count). The molecule has 0 unspecified atom stereocenters. The van der Waals surface area contributed by atoms with E-state index in [4.69, 9.17) is 9.26 Å². The van der Waals surface area contributed by atoms with Crippen LogP contribution in [-0.4, -0.2) is 49.1 Å². The van der Waals surface area contributed by atoms with Gasteiger partial charge in [0.15, 0.2) is 8.32 Å². The molecule has 1 aliphatic heterocycles.